The van der Waals surface area contributed by atoms with E-state index in [2.05, 4.69) is 0 Å². The molecule has 0 bridgehead atoms. The van der Waals surface area contributed by atoms with Crippen molar-refractivity contribution in [3.8, 4) is 17.2 Å². The van der Waals surface area contributed by atoms with Gasteiger partial charge in [-0.2, -0.15) is 0 Å². The van der Waals surface area contributed by atoms with Crippen LogP contribution in [0.15, 0.2) is 17.0 Å². The highest BCUT2D eigenvalue weighted by molar-refractivity contribution is 8.26. The van der Waals surface area contributed by atoms with E-state index < -0.39 is 18.4 Å². The summed E-state index contributed by atoms with van der Waals surface area (Å²) >= 11 is 6.05. The van der Waals surface area contributed by atoms with Crippen LogP contribution in [0.4, 0.5) is 0 Å². The Morgan fingerprint density at radius 1 is 1.52 bits per heavy atom. The number of thiocarbonyl (C=S) groups is 1. The number of nitrogens with zero attached hydrogens (tertiary/aromatic N) is 1. The van der Waals surface area contributed by atoms with Crippen LogP contribution in [0.2, 0.25) is 0 Å². The van der Waals surface area contributed by atoms with Crippen LogP contribution in [0, 0.1) is 0 Å². The van der Waals surface area contributed by atoms with Gasteiger partial charge in [0.2, 0.25) is 12.5 Å². The van der Waals surface area contributed by atoms with Crippen molar-refractivity contribution in [2.45, 2.75) is 0 Å². The van der Waals surface area contributed by atoms with Crippen LogP contribution in [0.1, 0.15) is 5.56 Å². The number of benzene rings is 1. The number of carbonyl (C=O) groups excluding carboxylic acids is 2. The Labute approximate surface area is 140 Å². The average Bonchev–Trinajstić information content (AvgIpc) is 3.07. The predicted octanol–water partition coefficient (Wildman–Crippen LogP) is 0.375. The number of thioether (sulfide) groups is 1. The average molecular weight is 352 g/mol. The van der Waals surface area contributed by atoms with Crippen molar-refractivity contribution < 1.29 is 28.9 Å². The largest absolute Gasteiger partial charge is 0.548 e. The van der Waals surface area contributed by atoms with Gasteiger partial charge in [-0.15, -0.1) is 0 Å². The summed E-state index contributed by atoms with van der Waals surface area (Å²) in [7, 11) is 1.50. The third-order valence-electron chi connectivity index (χ3n) is 3.14. The van der Waals surface area contributed by atoms with Crippen molar-refractivity contribution in [1.29, 1.82) is 0 Å². The standard InChI is InChI=1S/C14H11NO6S2/c1-19-8-2-7(3-9-12(8)21-6-20-9)4-10-13(18)15(5-11(16)17)14(22)23-10/h2-4H,5-6H2,1H3,(H,16,17)/p-1/b10-4-. The number of rotatable bonds is 4. The molecule has 1 saturated heterocycles. The molecule has 120 valence electrons. The van der Waals surface area contributed by atoms with E-state index >= 15 is 0 Å². The van der Waals surface area contributed by atoms with Crippen LogP contribution in [-0.4, -0.2) is 41.5 Å². The molecule has 0 atom stereocenters. The lowest BCUT2D eigenvalue weighted by molar-refractivity contribution is -0.305. The number of carbonyl (C=O) groups is 2. The lowest BCUT2D eigenvalue weighted by Gasteiger charge is -2.14. The highest BCUT2D eigenvalue weighted by Crippen LogP contribution is 2.43. The van der Waals surface area contributed by atoms with E-state index in [1.165, 1.54) is 7.11 Å². The first-order valence-electron chi connectivity index (χ1n) is 6.42. The molecule has 3 rings (SSSR count). The molecule has 9 heteroatoms. The minimum Gasteiger partial charge on any atom is -0.548 e. The van der Waals surface area contributed by atoms with Gasteiger partial charge in [-0.1, -0.05) is 24.0 Å². The smallest absolute Gasteiger partial charge is 0.266 e. The number of hydrogen-bond donors (Lipinski definition) is 0. The van der Waals surface area contributed by atoms with Crippen molar-refractivity contribution >= 4 is 46.3 Å². The Morgan fingerprint density at radius 2 is 2.30 bits per heavy atom. The maximum absolute atomic E-state index is 12.2. The molecule has 2 aliphatic heterocycles. The zero-order chi connectivity index (χ0) is 16.6. The second-order valence-corrected chi connectivity index (χ2v) is 6.27. The number of fused-ring (bicyclic) bond motifs is 1. The topological polar surface area (TPSA) is 88.1 Å². The van der Waals surface area contributed by atoms with Gasteiger partial charge in [0, 0.05) is 0 Å². The first-order chi connectivity index (χ1) is 11.0. The maximum atomic E-state index is 12.2. The van der Waals surface area contributed by atoms with Gasteiger partial charge in [0.25, 0.3) is 5.91 Å². The van der Waals surface area contributed by atoms with Crippen LogP contribution in [-0.2, 0) is 9.59 Å². The van der Waals surface area contributed by atoms with Gasteiger partial charge in [0.1, 0.15) is 4.32 Å². The summed E-state index contributed by atoms with van der Waals surface area (Å²) in [5.41, 5.74) is 0.653. The van der Waals surface area contributed by atoms with Crippen LogP contribution in [0.5, 0.6) is 17.2 Å². The normalized spacial score (nSPS) is 18.0. The van der Waals surface area contributed by atoms with Crippen molar-refractivity contribution in [2.24, 2.45) is 0 Å². The fraction of sp³-hybridized carbons (Fsp3) is 0.214. The Hall–Kier alpha value is -2.26. The first kappa shape index (κ1) is 15.6. The van der Waals surface area contributed by atoms with Crippen molar-refractivity contribution in [1.82, 2.24) is 4.90 Å². The molecule has 0 aliphatic carbocycles. The van der Waals surface area contributed by atoms with E-state index in [4.69, 9.17) is 26.4 Å². The summed E-state index contributed by atoms with van der Waals surface area (Å²) < 4.78 is 16.0. The molecule has 1 aromatic rings. The molecule has 0 aromatic heterocycles. The summed E-state index contributed by atoms with van der Waals surface area (Å²) in [5.74, 6) is -0.334. The number of amides is 1. The zero-order valence-corrected chi connectivity index (χ0v) is 13.5. The number of carboxylic acids is 1. The molecule has 0 radical (unpaired) electrons. The van der Waals surface area contributed by atoms with E-state index in [-0.39, 0.29) is 11.1 Å². The lowest BCUT2D eigenvalue weighted by atomic mass is 10.1. The minimum atomic E-state index is -1.37. The molecule has 2 aliphatic rings. The van der Waals surface area contributed by atoms with E-state index in [1.54, 1.807) is 18.2 Å². The molecule has 7 nitrogen and oxygen atoms in total. The molecule has 0 saturated carbocycles. The monoisotopic (exact) mass is 352 g/mol. The third kappa shape index (κ3) is 2.97. The number of hydrogen-bond acceptors (Lipinski definition) is 8. The van der Waals surface area contributed by atoms with E-state index in [9.17, 15) is 14.7 Å². The molecule has 0 N–H and O–H groups in total. The van der Waals surface area contributed by atoms with E-state index in [0.29, 0.717) is 27.7 Å². The van der Waals surface area contributed by atoms with Crippen molar-refractivity contribution in [3.63, 3.8) is 0 Å². The molecular weight excluding hydrogens is 342 g/mol. The fourth-order valence-electron chi connectivity index (χ4n) is 2.15. The molecule has 1 amide bonds. The van der Waals surface area contributed by atoms with Crippen LogP contribution in [0.3, 0.4) is 0 Å². The molecule has 0 unspecified atom stereocenters. The second kappa shape index (κ2) is 6.09. The fourth-order valence-corrected chi connectivity index (χ4v) is 3.41. The van der Waals surface area contributed by atoms with Crippen LogP contribution >= 0.6 is 24.0 Å². The van der Waals surface area contributed by atoms with Gasteiger partial charge in [-0.25, -0.2) is 0 Å². The zero-order valence-electron chi connectivity index (χ0n) is 11.9. The van der Waals surface area contributed by atoms with Crippen molar-refractivity contribution in [2.75, 3.05) is 20.4 Å². The number of carboxylic acid groups (broad SMARTS) is 1. The Bertz CT molecular complexity index is 745. The van der Waals surface area contributed by atoms with Gasteiger partial charge in [-0.3, -0.25) is 9.69 Å². The maximum Gasteiger partial charge on any atom is 0.266 e. The van der Waals surface area contributed by atoms with E-state index in [1.807, 2.05) is 0 Å². The third-order valence-corrected chi connectivity index (χ3v) is 4.52. The van der Waals surface area contributed by atoms with Crippen molar-refractivity contribution in [3.05, 3.63) is 22.6 Å². The van der Waals surface area contributed by atoms with E-state index in [0.717, 1.165) is 16.7 Å². The van der Waals surface area contributed by atoms with Gasteiger partial charge >= 0.3 is 0 Å². The predicted molar refractivity (Wildman–Crippen MR) is 84.0 cm³/mol. The van der Waals surface area contributed by atoms with Gasteiger partial charge in [-0.05, 0) is 23.8 Å². The Balaban J connectivity index is 1.92. The molecule has 2 heterocycles. The highest BCUT2D eigenvalue weighted by Gasteiger charge is 2.32. The van der Waals surface area contributed by atoms with Crippen LogP contribution in [0.25, 0.3) is 6.08 Å². The second-order valence-electron chi connectivity index (χ2n) is 4.60. The molecule has 0 spiro atoms. The van der Waals surface area contributed by atoms with Gasteiger partial charge in [0.15, 0.2) is 11.5 Å². The quantitative estimate of drug-likeness (QED) is 0.567. The summed E-state index contributed by atoms with van der Waals surface area (Å²) in [4.78, 5) is 24.2. The summed E-state index contributed by atoms with van der Waals surface area (Å²) in [6, 6.07) is 3.40. The molecule has 1 aromatic carbocycles. The summed E-state index contributed by atoms with van der Waals surface area (Å²) in [6.45, 7) is -0.463. The number of methoxy groups -OCH3 is 1. The Kier molecular flexibility index (Phi) is 4.14. The van der Waals surface area contributed by atoms with Gasteiger partial charge < -0.3 is 24.1 Å². The first-order valence-corrected chi connectivity index (χ1v) is 7.65. The molecule has 1 fully saturated rings. The summed E-state index contributed by atoms with van der Waals surface area (Å²) in [6.07, 6.45) is 1.60. The Morgan fingerprint density at radius 3 is 3.00 bits per heavy atom. The lowest BCUT2D eigenvalue weighted by Crippen LogP contribution is -2.40. The highest BCUT2D eigenvalue weighted by atomic mass is 32.2. The van der Waals surface area contributed by atoms with Gasteiger partial charge in [0.05, 0.1) is 24.5 Å². The van der Waals surface area contributed by atoms with Crippen LogP contribution < -0.4 is 19.3 Å². The summed E-state index contributed by atoms with van der Waals surface area (Å²) in [5, 5.41) is 10.7. The number of ether oxygens (including phenoxy) is 3. The molecular formula is C14H10NO6S2-. The minimum absolute atomic E-state index is 0.100. The SMILES string of the molecule is COc1cc(/C=C2\SC(=S)N(CC(=O)[O-])C2=O)cc2c1OCO2. The molecule has 23 heavy (non-hydrogen) atoms. The number of aliphatic carboxylic acids is 1.